The predicted octanol–water partition coefficient (Wildman–Crippen LogP) is 1.72. The molecule has 0 radical (unpaired) electrons. The zero-order valence-electron chi connectivity index (χ0n) is 18.6. The van der Waals surface area contributed by atoms with Crippen molar-refractivity contribution in [1.82, 2.24) is 9.80 Å². The van der Waals surface area contributed by atoms with Crippen molar-refractivity contribution < 1.29 is 19.1 Å². The van der Waals surface area contributed by atoms with Gasteiger partial charge in [0.1, 0.15) is 5.75 Å². The smallest absolute Gasteiger partial charge is 0.234 e. The molecule has 1 aromatic carbocycles. The Labute approximate surface area is 194 Å². The van der Waals surface area contributed by atoms with E-state index < -0.39 is 11.9 Å². The van der Waals surface area contributed by atoms with Gasteiger partial charge in [-0.15, -0.1) is 0 Å². The molecule has 0 bridgehead atoms. The second-order valence-corrected chi connectivity index (χ2v) is 9.39. The zero-order valence-corrected chi connectivity index (χ0v) is 19.4. The summed E-state index contributed by atoms with van der Waals surface area (Å²) in [7, 11) is 1.58. The van der Waals surface area contributed by atoms with E-state index in [2.05, 4.69) is 0 Å². The van der Waals surface area contributed by atoms with Crippen LogP contribution in [0.2, 0.25) is 5.02 Å². The highest BCUT2D eigenvalue weighted by atomic mass is 35.5. The van der Waals surface area contributed by atoms with Crippen molar-refractivity contribution >= 4 is 29.3 Å². The molecule has 1 aromatic rings. The molecule has 176 valence electrons. The Hall–Kier alpha value is -2.32. The molecule has 0 saturated carbocycles. The first-order chi connectivity index (χ1) is 15.2. The fourth-order valence-electron chi connectivity index (χ4n) is 4.71. The number of carbonyl (C=O) groups excluding carboxylic acids is 3. The summed E-state index contributed by atoms with van der Waals surface area (Å²) >= 11 is 6.32. The third-order valence-corrected chi connectivity index (χ3v) is 7.18. The number of halogens is 1. The lowest BCUT2D eigenvalue weighted by Gasteiger charge is -2.47. The summed E-state index contributed by atoms with van der Waals surface area (Å²) in [6.45, 7) is 2.80. The number of primary amides is 1. The van der Waals surface area contributed by atoms with Crippen molar-refractivity contribution in [3.8, 4) is 5.75 Å². The number of amides is 3. The fraction of sp³-hybridized carbons (Fsp3) is 0.609. The minimum atomic E-state index is -0.785. The monoisotopic (exact) mass is 464 g/mol. The van der Waals surface area contributed by atoms with E-state index in [1.807, 2.05) is 21.9 Å². The van der Waals surface area contributed by atoms with Gasteiger partial charge in [0.05, 0.1) is 19.6 Å². The number of hydrogen-bond donors (Lipinski definition) is 2. The topological polar surface area (TPSA) is 119 Å². The molecule has 3 rings (SSSR count). The molecule has 4 N–H and O–H groups in total. The van der Waals surface area contributed by atoms with E-state index in [1.54, 1.807) is 13.2 Å². The lowest BCUT2D eigenvalue weighted by atomic mass is 9.72. The van der Waals surface area contributed by atoms with E-state index in [1.165, 1.54) is 0 Å². The third-order valence-electron chi connectivity index (χ3n) is 6.83. The largest absolute Gasteiger partial charge is 0.497 e. The molecular weight excluding hydrogens is 432 g/mol. The summed E-state index contributed by atoms with van der Waals surface area (Å²) in [5, 5.41) is 0.535. The van der Waals surface area contributed by atoms with Crippen molar-refractivity contribution in [1.29, 1.82) is 0 Å². The van der Waals surface area contributed by atoms with E-state index in [0.717, 1.165) is 37.8 Å². The van der Waals surface area contributed by atoms with Crippen LogP contribution in [0.4, 0.5) is 0 Å². The van der Waals surface area contributed by atoms with Gasteiger partial charge in [0.2, 0.25) is 17.7 Å². The summed E-state index contributed by atoms with van der Waals surface area (Å²) in [5.74, 6) is 0.170. The first-order valence-corrected chi connectivity index (χ1v) is 11.5. The van der Waals surface area contributed by atoms with Gasteiger partial charge in [-0.05, 0) is 55.2 Å². The summed E-state index contributed by atoms with van der Waals surface area (Å²) in [4.78, 5) is 40.3. The van der Waals surface area contributed by atoms with Crippen molar-refractivity contribution in [3.63, 3.8) is 0 Å². The SMILES string of the molecule is COc1ccc(CC(=O)N2CCCC3(CCN(C(=O)CC[C@H](N)C(N)=O)CC3)C2)c(Cl)c1. The summed E-state index contributed by atoms with van der Waals surface area (Å²) in [6, 6.07) is 4.60. The molecule has 0 unspecified atom stereocenters. The number of hydrogen-bond acceptors (Lipinski definition) is 5. The lowest BCUT2D eigenvalue weighted by molar-refractivity contribution is -0.139. The molecule has 32 heavy (non-hydrogen) atoms. The van der Waals surface area contributed by atoms with Gasteiger partial charge in [-0.3, -0.25) is 14.4 Å². The van der Waals surface area contributed by atoms with Gasteiger partial charge >= 0.3 is 0 Å². The van der Waals surface area contributed by atoms with E-state index in [0.29, 0.717) is 30.4 Å². The van der Waals surface area contributed by atoms with Crippen molar-refractivity contribution in [3.05, 3.63) is 28.8 Å². The highest BCUT2D eigenvalue weighted by Gasteiger charge is 2.40. The first-order valence-electron chi connectivity index (χ1n) is 11.2. The van der Waals surface area contributed by atoms with Crippen LogP contribution in [0.5, 0.6) is 5.75 Å². The highest BCUT2D eigenvalue weighted by molar-refractivity contribution is 6.31. The molecule has 9 heteroatoms. The number of likely N-dealkylation sites (tertiary alicyclic amines) is 2. The Morgan fingerprint density at radius 1 is 1.12 bits per heavy atom. The maximum atomic E-state index is 13.0. The number of methoxy groups -OCH3 is 1. The molecule has 2 aliphatic heterocycles. The molecule has 2 heterocycles. The van der Waals surface area contributed by atoms with Gasteiger partial charge < -0.3 is 26.0 Å². The van der Waals surface area contributed by atoms with Crippen LogP contribution in [0.15, 0.2) is 18.2 Å². The van der Waals surface area contributed by atoms with Crippen molar-refractivity contribution in [2.45, 2.75) is 51.0 Å². The Kier molecular flexibility index (Phi) is 8.00. The second kappa shape index (κ2) is 10.5. The Morgan fingerprint density at radius 3 is 2.47 bits per heavy atom. The van der Waals surface area contributed by atoms with Crippen LogP contribution in [0.3, 0.4) is 0 Å². The first kappa shape index (κ1) is 24.3. The van der Waals surface area contributed by atoms with Gasteiger partial charge in [0.15, 0.2) is 0 Å². The molecular formula is C23H33ClN4O4. The minimum Gasteiger partial charge on any atom is -0.497 e. The molecule has 1 spiro atoms. The van der Waals surface area contributed by atoms with Crippen LogP contribution in [-0.2, 0) is 20.8 Å². The number of nitrogens with zero attached hydrogens (tertiary/aromatic N) is 2. The van der Waals surface area contributed by atoms with Gasteiger partial charge in [0, 0.05) is 37.6 Å². The molecule has 2 saturated heterocycles. The number of ether oxygens (including phenoxy) is 1. The van der Waals surface area contributed by atoms with Crippen molar-refractivity contribution in [2.75, 3.05) is 33.3 Å². The normalized spacial score (nSPS) is 19.0. The molecule has 8 nitrogen and oxygen atoms in total. The van der Waals surface area contributed by atoms with Gasteiger partial charge in [-0.1, -0.05) is 17.7 Å². The highest BCUT2D eigenvalue weighted by Crippen LogP contribution is 2.40. The second-order valence-electron chi connectivity index (χ2n) is 8.98. The molecule has 0 aliphatic carbocycles. The van der Waals surface area contributed by atoms with Gasteiger partial charge in [0.25, 0.3) is 0 Å². The average Bonchev–Trinajstić information content (AvgIpc) is 2.78. The quantitative estimate of drug-likeness (QED) is 0.636. The van der Waals surface area contributed by atoms with Crippen molar-refractivity contribution in [2.24, 2.45) is 16.9 Å². The summed E-state index contributed by atoms with van der Waals surface area (Å²) in [6.07, 6.45) is 4.53. The molecule has 2 aliphatic rings. The van der Waals surface area contributed by atoms with Crippen LogP contribution >= 0.6 is 11.6 Å². The summed E-state index contributed by atoms with van der Waals surface area (Å²) in [5.41, 5.74) is 11.7. The van der Waals surface area contributed by atoms with Gasteiger partial charge in [-0.25, -0.2) is 0 Å². The molecule has 2 fully saturated rings. The van der Waals surface area contributed by atoms with E-state index in [9.17, 15) is 14.4 Å². The number of nitrogens with two attached hydrogens (primary N) is 2. The third kappa shape index (κ3) is 5.92. The standard InChI is InChI=1S/C23H33ClN4O4/c1-32-17-4-3-16(18(24)14-17)13-21(30)28-10-2-7-23(15-28)8-11-27(12-9-23)20(29)6-5-19(25)22(26)31/h3-4,14,19H,2,5-13,15,25H2,1H3,(H2,26,31)/t19-/m0/s1. The van der Waals surface area contributed by atoms with Gasteiger partial charge in [-0.2, -0.15) is 0 Å². The Bertz CT molecular complexity index is 854. The van der Waals surface area contributed by atoms with Crippen LogP contribution in [-0.4, -0.2) is 66.9 Å². The molecule has 1 atom stereocenters. The predicted molar refractivity (Wildman–Crippen MR) is 122 cm³/mol. The maximum Gasteiger partial charge on any atom is 0.234 e. The molecule has 0 aromatic heterocycles. The number of rotatable bonds is 7. The van der Waals surface area contributed by atoms with Crippen LogP contribution in [0, 0.1) is 5.41 Å². The van der Waals surface area contributed by atoms with Crippen LogP contribution in [0.1, 0.15) is 44.1 Å². The Morgan fingerprint density at radius 2 is 1.84 bits per heavy atom. The van der Waals surface area contributed by atoms with Crippen LogP contribution < -0.4 is 16.2 Å². The maximum absolute atomic E-state index is 13.0. The minimum absolute atomic E-state index is 0.00874. The van der Waals surface area contributed by atoms with Crippen LogP contribution in [0.25, 0.3) is 0 Å². The van der Waals surface area contributed by atoms with E-state index in [4.69, 9.17) is 27.8 Å². The average molecular weight is 465 g/mol. The Balaban J connectivity index is 1.53. The zero-order chi connectivity index (χ0) is 23.3. The number of benzene rings is 1. The molecule has 3 amide bonds. The lowest BCUT2D eigenvalue weighted by Crippen LogP contribution is -2.52. The fourth-order valence-corrected chi connectivity index (χ4v) is 4.95. The van der Waals surface area contributed by atoms with E-state index >= 15 is 0 Å². The van der Waals surface area contributed by atoms with E-state index in [-0.39, 0.29) is 36.5 Å². The number of carbonyl (C=O) groups is 3. The summed E-state index contributed by atoms with van der Waals surface area (Å²) < 4.78 is 5.17. The number of piperidine rings is 2.